The van der Waals surface area contributed by atoms with E-state index in [0.717, 1.165) is 11.1 Å². The molecule has 1 aromatic carbocycles. The molecule has 1 aliphatic carbocycles. The summed E-state index contributed by atoms with van der Waals surface area (Å²) in [6.45, 7) is 0. The Labute approximate surface area is 140 Å². The van der Waals surface area contributed by atoms with Crippen LogP contribution in [0, 0.1) is 11.3 Å². The van der Waals surface area contributed by atoms with E-state index >= 15 is 0 Å². The molecule has 0 spiro atoms. The second kappa shape index (κ2) is 6.13. The van der Waals surface area contributed by atoms with Gasteiger partial charge in [-0.15, -0.1) is 0 Å². The smallest absolute Gasteiger partial charge is 0.203 e. The van der Waals surface area contributed by atoms with Gasteiger partial charge in [0, 0.05) is 11.5 Å². The predicted molar refractivity (Wildman–Crippen MR) is 90.3 cm³/mol. The molecule has 1 aromatic rings. The van der Waals surface area contributed by atoms with Crippen LogP contribution >= 0.6 is 0 Å². The van der Waals surface area contributed by atoms with Gasteiger partial charge in [0.25, 0.3) is 0 Å². The van der Waals surface area contributed by atoms with Gasteiger partial charge in [0.1, 0.15) is 17.5 Å². The molecular formula is C18H17N3O3. The normalized spacial score (nSPS) is 18.5. The van der Waals surface area contributed by atoms with Gasteiger partial charge in [0.05, 0.1) is 27.0 Å². The molecule has 1 atom stereocenters. The van der Waals surface area contributed by atoms with Crippen molar-refractivity contribution < 1.29 is 14.2 Å². The van der Waals surface area contributed by atoms with Crippen molar-refractivity contribution >= 4 is 5.84 Å². The van der Waals surface area contributed by atoms with Crippen molar-refractivity contribution in [3.8, 4) is 23.3 Å². The monoisotopic (exact) mass is 323 g/mol. The SMILES string of the molecule is COc1cc(C2C=CC=C3N=C(N)C(C#N)=C32)cc(OC)c1OC. The quantitative estimate of drug-likeness (QED) is 0.919. The van der Waals surface area contributed by atoms with Crippen molar-refractivity contribution in [1.82, 2.24) is 0 Å². The molecule has 0 bridgehead atoms. The first-order valence-corrected chi connectivity index (χ1v) is 7.32. The summed E-state index contributed by atoms with van der Waals surface area (Å²) in [5, 5.41) is 9.43. The second-order valence-corrected chi connectivity index (χ2v) is 5.27. The van der Waals surface area contributed by atoms with Crippen molar-refractivity contribution in [2.45, 2.75) is 5.92 Å². The lowest BCUT2D eigenvalue weighted by atomic mass is 9.84. The highest BCUT2D eigenvalue weighted by molar-refractivity contribution is 6.06. The van der Waals surface area contributed by atoms with Gasteiger partial charge in [-0.25, -0.2) is 4.99 Å². The molecule has 2 N–H and O–H groups in total. The van der Waals surface area contributed by atoms with Crippen LogP contribution in [0.2, 0.25) is 0 Å². The van der Waals surface area contributed by atoms with Gasteiger partial charge >= 0.3 is 0 Å². The summed E-state index contributed by atoms with van der Waals surface area (Å²) >= 11 is 0. The molecule has 1 heterocycles. The Bertz CT molecular complexity index is 832. The van der Waals surface area contributed by atoms with Crippen LogP contribution in [0.15, 0.2) is 52.2 Å². The van der Waals surface area contributed by atoms with Crippen LogP contribution in [-0.4, -0.2) is 27.2 Å². The minimum absolute atomic E-state index is 0.168. The lowest BCUT2D eigenvalue weighted by Gasteiger charge is -2.21. The lowest BCUT2D eigenvalue weighted by Crippen LogP contribution is -2.13. The highest BCUT2D eigenvalue weighted by atomic mass is 16.5. The number of aliphatic imine (C=N–C) groups is 1. The maximum Gasteiger partial charge on any atom is 0.203 e. The van der Waals surface area contributed by atoms with Crippen molar-refractivity contribution in [1.29, 1.82) is 5.26 Å². The van der Waals surface area contributed by atoms with Gasteiger partial charge in [-0.3, -0.25) is 0 Å². The molecule has 1 unspecified atom stereocenters. The molecule has 1 aliphatic heterocycles. The van der Waals surface area contributed by atoms with Gasteiger partial charge in [0.2, 0.25) is 5.75 Å². The van der Waals surface area contributed by atoms with Crippen molar-refractivity contribution in [2.24, 2.45) is 10.7 Å². The Morgan fingerprint density at radius 3 is 2.33 bits per heavy atom. The number of nitriles is 1. The standard InChI is InChI=1S/C18H17N3O3/c1-22-14-7-10(8-15(23-2)17(14)24-3)11-5-4-6-13-16(11)12(9-19)18(20)21-13/h4-8,11H,1-3H3,(H2,20,21). The molecule has 6 nitrogen and oxygen atoms in total. The van der Waals surface area contributed by atoms with E-state index in [9.17, 15) is 5.26 Å². The average molecular weight is 323 g/mol. The first-order valence-electron chi connectivity index (χ1n) is 7.32. The molecule has 3 rings (SSSR count). The number of benzene rings is 1. The fourth-order valence-corrected chi connectivity index (χ4v) is 2.98. The summed E-state index contributed by atoms with van der Waals surface area (Å²) < 4.78 is 16.2. The zero-order valence-corrected chi connectivity index (χ0v) is 13.7. The van der Waals surface area contributed by atoms with E-state index in [1.807, 2.05) is 30.4 Å². The number of hydrogen-bond acceptors (Lipinski definition) is 6. The Hall–Kier alpha value is -3.20. The van der Waals surface area contributed by atoms with Gasteiger partial charge in [-0.05, 0) is 23.8 Å². The molecule has 0 aromatic heterocycles. The number of hydrogen-bond donors (Lipinski definition) is 1. The molecule has 0 radical (unpaired) electrons. The Morgan fingerprint density at radius 1 is 1.12 bits per heavy atom. The maximum atomic E-state index is 9.43. The highest BCUT2D eigenvalue weighted by Crippen LogP contribution is 2.45. The maximum absolute atomic E-state index is 9.43. The molecule has 24 heavy (non-hydrogen) atoms. The van der Waals surface area contributed by atoms with Crippen molar-refractivity contribution in [3.63, 3.8) is 0 Å². The summed E-state index contributed by atoms with van der Waals surface area (Å²) in [6, 6.07) is 5.90. The molecule has 0 amide bonds. The van der Waals surface area contributed by atoms with E-state index < -0.39 is 0 Å². The number of nitrogens with two attached hydrogens (primary N) is 1. The van der Waals surface area contributed by atoms with Crippen LogP contribution in [0.3, 0.4) is 0 Å². The minimum atomic E-state index is -0.168. The number of nitrogens with zero attached hydrogens (tertiary/aromatic N) is 2. The molecule has 6 heteroatoms. The molecule has 0 saturated heterocycles. The molecule has 122 valence electrons. The second-order valence-electron chi connectivity index (χ2n) is 5.27. The van der Waals surface area contributed by atoms with E-state index in [2.05, 4.69) is 11.1 Å². The summed E-state index contributed by atoms with van der Waals surface area (Å²) in [4.78, 5) is 4.28. The lowest BCUT2D eigenvalue weighted by molar-refractivity contribution is 0.323. The number of amidine groups is 1. The summed E-state index contributed by atoms with van der Waals surface area (Å²) in [7, 11) is 4.70. The number of fused-ring (bicyclic) bond motifs is 1. The van der Waals surface area contributed by atoms with Gasteiger partial charge in [-0.2, -0.15) is 5.26 Å². The fraction of sp³-hybridized carbons (Fsp3) is 0.222. The number of rotatable bonds is 4. The van der Waals surface area contributed by atoms with Gasteiger partial charge in [0.15, 0.2) is 11.5 Å². The highest BCUT2D eigenvalue weighted by Gasteiger charge is 2.31. The van der Waals surface area contributed by atoms with E-state index in [1.54, 1.807) is 21.3 Å². The van der Waals surface area contributed by atoms with Gasteiger partial charge in [-0.1, -0.05) is 12.2 Å². The first kappa shape index (κ1) is 15.7. The van der Waals surface area contributed by atoms with E-state index in [-0.39, 0.29) is 11.8 Å². The summed E-state index contributed by atoms with van der Waals surface area (Å²) in [6.07, 6.45) is 5.75. The van der Waals surface area contributed by atoms with Crippen LogP contribution in [-0.2, 0) is 0 Å². The largest absolute Gasteiger partial charge is 0.493 e. The summed E-state index contributed by atoms with van der Waals surface area (Å²) in [5.41, 5.74) is 8.70. The van der Waals surface area contributed by atoms with E-state index in [1.165, 1.54) is 0 Å². The average Bonchev–Trinajstić information content (AvgIpc) is 2.95. The van der Waals surface area contributed by atoms with Crippen LogP contribution < -0.4 is 19.9 Å². The fourth-order valence-electron chi connectivity index (χ4n) is 2.98. The molecular weight excluding hydrogens is 306 g/mol. The van der Waals surface area contributed by atoms with Crippen LogP contribution in [0.5, 0.6) is 17.2 Å². The van der Waals surface area contributed by atoms with Crippen LogP contribution in [0.4, 0.5) is 0 Å². The Kier molecular flexibility index (Phi) is 4.00. The topological polar surface area (TPSA) is 89.9 Å². The Balaban J connectivity index is 2.17. The minimum Gasteiger partial charge on any atom is -0.493 e. The van der Waals surface area contributed by atoms with Crippen LogP contribution in [0.1, 0.15) is 11.5 Å². The zero-order chi connectivity index (χ0) is 17.3. The predicted octanol–water partition coefficient (Wildman–Crippen LogP) is 2.44. The van der Waals surface area contributed by atoms with Crippen molar-refractivity contribution in [2.75, 3.05) is 21.3 Å². The third-order valence-corrected chi connectivity index (χ3v) is 4.07. The Morgan fingerprint density at radius 2 is 1.79 bits per heavy atom. The van der Waals surface area contributed by atoms with Gasteiger partial charge < -0.3 is 19.9 Å². The first-order chi connectivity index (χ1) is 11.6. The van der Waals surface area contributed by atoms with Crippen LogP contribution in [0.25, 0.3) is 0 Å². The zero-order valence-electron chi connectivity index (χ0n) is 13.7. The summed E-state index contributed by atoms with van der Waals surface area (Å²) in [5.74, 6) is 1.72. The van der Waals surface area contributed by atoms with E-state index in [4.69, 9.17) is 19.9 Å². The van der Waals surface area contributed by atoms with Crippen molar-refractivity contribution in [3.05, 3.63) is 52.8 Å². The third-order valence-electron chi connectivity index (χ3n) is 4.07. The third kappa shape index (κ3) is 2.31. The number of methoxy groups -OCH3 is 3. The molecule has 2 aliphatic rings. The van der Waals surface area contributed by atoms with E-state index in [0.29, 0.717) is 28.5 Å². The number of allylic oxidation sites excluding steroid dienone is 4. The molecule has 0 fully saturated rings. The molecule has 0 saturated carbocycles. The number of ether oxygens (including phenoxy) is 3.